The zero-order valence-corrected chi connectivity index (χ0v) is 40.0. The second-order valence-corrected chi connectivity index (χ2v) is 17.3. The van der Waals surface area contributed by atoms with Crippen LogP contribution in [0.5, 0.6) is 0 Å². The van der Waals surface area contributed by atoms with E-state index < -0.39 is 0 Å². The maximum atomic E-state index is 3.88. The van der Waals surface area contributed by atoms with Gasteiger partial charge in [0.15, 0.2) is 0 Å². The third-order valence-electron chi connectivity index (χ3n) is 11.0. The van der Waals surface area contributed by atoms with Gasteiger partial charge >= 0.3 is 28.4 Å². The van der Waals surface area contributed by atoms with E-state index in [1.165, 1.54) is 112 Å². The molecule has 5 aromatic carbocycles. The molecule has 8 rings (SSSR count). The van der Waals surface area contributed by atoms with Gasteiger partial charge in [-0.25, -0.2) is 6.08 Å². The van der Waals surface area contributed by atoms with Crippen LogP contribution in [-0.2, 0) is 41.5 Å². The van der Waals surface area contributed by atoms with Crippen LogP contribution in [0.1, 0.15) is 110 Å². The van der Waals surface area contributed by atoms with Crippen LogP contribution in [0.15, 0.2) is 127 Å². The third kappa shape index (κ3) is 12.7. The maximum absolute atomic E-state index is 3.88. The summed E-state index contributed by atoms with van der Waals surface area (Å²) in [7, 11) is 0. The number of rotatable bonds is 3. The SMILES string of the molecule is CC(C)(C)c1cc2c([c-]c1-c1ccccc1)Cc1cc(-c3ccccc3)c(C(C)(C)C)cc1-2.CC1[C-]=CC(C2(C)CCCCC2)=C1.Cl.Cl.[CH2]=[Zr].[CH3-].[c-]1ccccc1. The Labute approximate surface area is 374 Å². The second kappa shape index (κ2) is 22.3. The molecular weight excluding hydrogens is 811 g/mol. The topological polar surface area (TPSA) is 0 Å². The molecule has 0 aromatic heterocycles. The van der Waals surface area contributed by atoms with Gasteiger partial charge in [-0.3, -0.25) is 6.08 Å². The summed E-state index contributed by atoms with van der Waals surface area (Å²) in [6, 6.07) is 45.3. The van der Waals surface area contributed by atoms with E-state index in [-0.39, 0.29) is 43.1 Å². The summed E-state index contributed by atoms with van der Waals surface area (Å²) < 4.78 is 3.34. The van der Waals surface area contributed by atoms with Gasteiger partial charge < -0.3 is 7.43 Å². The number of hydrogen-bond acceptors (Lipinski definition) is 0. The van der Waals surface area contributed by atoms with E-state index >= 15 is 0 Å². The van der Waals surface area contributed by atoms with Gasteiger partial charge in [0, 0.05) is 0 Å². The largest absolute Gasteiger partial charge is 0.358 e. The first-order valence-electron chi connectivity index (χ1n) is 19.8. The Hall–Kier alpha value is -3.09. The molecule has 1 atom stereocenters. The predicted molar refractivity (Wildman–Crippen MR) is 251 cm³/mol. The Morgan fingerprint density at radius 1 is 0.667 bits per heavy atom. The Morgan fingerprint density at radius 2 is 1.19 bits per heavy atom. The van der Waals surface area contributed by atoms with Gasteiger partial charge in [-0.2, -0.15) is 48.0 Å². The molecule has 0 saturated heterocycles. The van der Waals surface area contributed by atoms with Crippen molar-refractivity contribution in [2.75, 3.05) is 0 Å². The van der Waals surface area contributed by atoms with Crippen LogP contribution < -0.4 is 0 Å². The number of benzene rings is 5. The average Bonchev–Trinajstić information content (AvgIpc) is 3.79. The summed E-state index contributed by atoms with van der Waals surface area (Å²) in [6.07, 6.45) is 16.0. The summed E-state index contributed by atoms with van der Waals surface area (Å²) in [5, 5.41) is 0. The monoisotopic (exact) mass is 872 g/mol. The average molecular weight is 875 g/mol. The van der Waals surface area contributed by atoms with Crippen LogP contribution in [0.3, 0.4) is 0 Å². The van der Waals surface area contributed by atoms with Crippen LogP contribution in [-0.4, -0.2) is 4.21 Å². The molecule has 3 aliphatic rings. The molecule has 3 heteroatoms. The van der Waals surface area contributed by atoms with E-state index in [4.69, 9.17) is 0 Å². The van der Waals surface area contributed by atoms with Crippen LogP contribution in [0, 0.1) is 37.0 Å². The summed E-state index contributed by atoms with van der Waals surface area (Å²) >= 11 is 1.30. The quantitative estimate of drug-likeness (QED) is 0.155. The summed E-state index contributed by atoms with van der Waals surface area (Å²) in [5.74, 6) is 0.550. The van der Waals surface area contributed by atoms with Crippen molar-refractivity contribution in [3.8, 4) is 33.4 Å². The number of halogens is 2. The molecule has 0 radical (unpaired) electrons. The zero-order valence-electron chi connectivity index (χ0n) is 35.9. The van der Waals surface area contributed by atoms with E-state index in [0.29, 0.717) is 11.3 Å². The minimum atomic E-state index is 0. The smallest absolute Gasteiger partial charge is 0.171 e. The standard InChI is InChI=1S/C33H33.C13H19.C6H5.CH3.CH2.2ClH.Zr/c1-32(2,3)30-20-26-24(18-28(30)22-13-9-7-10-14-22)17-25-19-29(23-15-11-8-12-16-23)31(21-27(25)26)33(4,5)6;1-11-6-7-12(10-11)13(2)8-4-3-5-9-13;1-2-4-6-5-3-1;;;;;/h7-16,18,20-21H,17H2,1-6H3;7,10-11H,3-5,8-9H2,1-2H3;1-5H;1H3;1H2;2*1H;/q4*-1;;;;. The van der Waals surface area contributed by atoms with Gasteiger partial charge in [0.2, 0.25) is 0 Å². The molecule has 1 fully saturated rings. The molecule has 1 unspecified atom stereocenters. The normalized spacial score (nSPS) is 15.7. The molecular formula is C54H64Cl2Zr-4. The molecule has 0 bridgehead atoms. The molecule has 57 heavy (non-hydrogen) atoms. The maximum Gasteiger partial charge on any atom is -0.171 e. The second-order valence-electron chi connectivity index (χ2n) is 17.3. The summed E-state index contributed by atoms with van der Waals surface area (Å²) in [5.41, 5.74) is 15.5. The molecule has 3 aliphatic carbocycles. The van der Waals surface area contributed by atoms with Crippen molar-refractivity contribution in [3.05, 3.63) is 175 Å². The van der Waals surface area contributed by atoms with Gasteiger partial charge in [0.25, 0.3) is 0 Å². The van der Waals surface area contributed by atoms with Crippen molar-refractivity contribution < 1.29 is 24.2 Å². The predicted octanol–water partition coefficient (Wildman–Crippen LogP) is 15.6. The van der Waals surface area contributed by atoms with Crippen molar-refractivity contribution >= 4 is 29.0 Å². The van der Waals surface area contributed by atoms with Crippen molar-refractivity contribution in [2.24, 2.45) is 11.3 Å². The van der Waals surface area contributed by atoms with E-state index in [0.717, 1.165) is 6.42 Å². The fourth-order valence-corrected chi connectivity index (χ4v) is 8.03. The first-order chi connectivity index (χ1) is 25.8. The van der Waals surface area contributed by atoms with Gasteiger partial charge in [-0.1, -0.05) is 188 Å². The van der Waals surface area contributed by atoms with Crippen molar-refractivity contribution in [1.29, 1.82) is 0 Å². The summed E-state index contributed by atoms with van der Waals surface area (Å²) in [4.78, 5) is 0. The van der Waals surface area contributed by atoms with Crippen LogP contribution in [0.25, 0.3) is 33.4 Å². The Balaban J connectivity index is 0.000000386. The molecule has 0 amide bonds. The Morgan fingerprint density at radius 3 is 1.67 bits per heavy atom. The van der Waals surface area contributed by atoms with Crippen molar-refractivity contribution in [3.63, 3.8) is 0 Å². The molecule has 5 aromatic rings. The number of hydrogen-bond donors (Lipinski definition) is 0. The molecule has 0 heterocycles. The van der Waals surface area contributed by atoms with Gasteiger partial charge in [-0.05, 0) is 39.5 Å². The fraction of sp³-hybridized carbons (Fsp3) is 0.333. The Kier molecular flexibility index (Phi) is 19.6. The van der Waals surface area contributed by atoms with E-state index in [1.54, 1.807) is 5.57 Å². The van der Waals surface area contributed by atoms with Gasteiger partial charge in [0.05, 0.1) is 0 Å². The zero-order chi connectivity index (χ0) is 38.9. The van der Waals surface area contributed by atoms with Crippen molar-refractivity contribution in [2.45, 2.75) is 105 Å². The molecule has 0 aliphatic heterocycles. The van der Waals surface area contributed by atoms with Crippen LogP contribution >= 0.6 is 24.8 Å². The van der Waals surface area contributed by atoms with Crippen LogP contribution in [0.2, 0.25) is 0 Å². The van der Waals surface area contributed by atoms with E-state index in [2.05, 4.69) is 169 Å². The fourth-order valence-electron chi connectivity index (χ4n) is 8.03. The molecule has 0 nitrogen and oxygen atoms in total. The van der Waals surface area contributed by atoms with Gasteiger partial charge in [-0.15, -0.1) is 53.6 Å². The Bertz CT molecular complexity index is 1890. The minimum Gasteiger partial charge on any atom is -0.358 e. The molecule has 0 spiro atoms. The van der Waals surface area contributed by atoms with Gasteiger partial charge in [0.1, 0.15) is 0 Å². The first-order valence-corrected chi connectivity index (χ1v) is 21.5. The van der Waals surface area contributed by atoms with E-state index in [1.807, 2.05) is 30.3 Å². The number of allylic oxidation sites excluding steroid dienone is 4. The molecule has 0 N–H and O–H groups in total. The first kappa shape index (κ1) is 50.1. The van der Waals surface area contributed by atoms with Crippen molar-refractivity contribution in [1.82, 2.24) is 0 Å². The number of fused-ring (bicyclic) bond motifs is 3. The summed E-state index contributed by atoms with van der Waals surface area (Å²) in [6.45, 7) is 18.5. The van der Waals surface area contributed by atoms with E-state index in [9.17, 15) is 0 Å². The minimum absolute atomic E-state index is 0. The molecule has 1 saturated carbocycles. The third-order valence-corrected chi connectivity index (χ3v) is 11.0. The molecule has 302 valence electrons. The van der Waals surface area contributed by atoms with Crippen LogP contribution in [0.4, 0.5) is 0 Å².